The van der Waals surface area contributed by atoms with Crippen LogP contribution in [0, 0.1) is 0 Å². The summed E-state index contributed by atoms with van der Waals surface area (Å²) in [7, 11) is 5.79. The lowest BCUT2D eigenvalue weighted by molar-refractivity contribution is 0.526. The van der Waals surface area contributed by atoms with Crippen LogP contribution < -0.4 is 0 Å². The van der Waals surface area contributed by atoms with E-state index in [1.54, 1.807) is 13.1 Å². The van der Waals surface area contributed by atoms with E-state index in [1.807, 2.05) is 39.4 Å². The molecule has 0 saturated carbocycles. The predicted octanol–water partition coefficient (Wildman–Crippen LogP) is 2.26. The van der Waals surface area contributed by atoms with E-state index in [4.69, 9.17) is 0 Å². The van der Waals surface area contributed by atoms with Crippen LogP contribution in [-0.4, -0.2) is 32.3 Å². The first-order chi connectivity index (χ1) is 6.13. The summed E-state index contributed by atoms with van der Waals surface area (Å²) in [5.74, 6) is 0. The topological polar surface area (TPSA) is 15.6 Å². The van der Waals surface area contributed by atoms with Gasteiger partial charge in [0.1, 0.15) is 0 Å². The van der Waals surface area contributed by atoms with Gasteiger partial charge in [-0.25, -0.2) is 0 Å². The number of hydrogen-bond donors (Lipinski definition) is 0. The molecule has 0 aromatic rings. The van der Waals surface area contributed by atoms with Crippen LogP contribution in [0.2, 0.25) is 0 Å². The molecule has 0 heterocycles. The van der Waals surface area contributed by atoms with Gasteiger partial charge in [-0.15, -0.1) is 0 Å². The molecular weight excluding hydrogens is 160 g/mol. The van der Waals surface area contributed by atoms with Crippen molar-refractivity contribution in [3.05, 3.63) is 36.1 Å². The zero-order valence-electron chi connectivity index (χ0n) is 8.91. The highest BCUT2D eigenvalue weighted by molar-refractivity contribution is 5.79. The van der Waals surface area contributed by atoms with Crippen LogP contribution in [0.25, 0.3) is 0 Å². The highest BCUT2D eigenvalue weighted by Gasteiger charge is 1.97. The van der Waals surface area contributed by atoms with Gasteiger partial charge in [0.05, 0.1) is 0 Å². The van der Waals surface area contributed by atoms with Gasteiger partial charge in [-0.05, 0) is 18.6 Å². The highest BCUT2D eigenvalue weighted by atomic mass is 15.1. The van der Waals surface area contributed by atoms with Crippen LogP contribution in [0.5, 0.6) is 0 Å². The Hall–Kier alpha value is -1.31. The Balaban J connectivity index is 4.87. The van der Waals surface area contributed by atoms with Crippen molar-refractivity contribution in [2.45, 2.75) is 6.92 Å². The van der Waals surface area contributed by atoms with Crippen LogP contribution in [0.15, 0.2) is 41.1 Å². The number of hydrogen-bond acceptors (Lipinski definition) is 2. The number of rotatable bonds is 4. The molecule has 0 atom stereocenters. The Morgan fingerprint density at radius 2 is 2.00 bits per heavy atom. The molecule has 0 aliphatic heterocycles. The monoisotopic (exact) mass is 178 g/mol. The van der Waals surface area contributed by atoms with Crippen LogP contribution in [-0.2, 0) is 0 Å². The fourth-order valence-corrected chi connectivity index (χ4v) is 1.05. The van der Waals surface area contributed by atoms with Crippen molar-refractivity contribution in [3.63, 3.8) is 0 Å². The van der Waals surface area contributed by atoms with Crippen LogP contribution >= 0.6 is 0 Å². The molecule has 0 N–H and O–H groups in total. The number of allylic oxidation sites excluding steroid dienone is 4. The first kappa shape index (κ1) is 11.7. The molecule has 0 aromatic carbocycles. The van der Waals surface area contributed by atoms with E-state index in [0.717, 1.165) is 11.3 Å². The molecule has 0 bridgehead atoms. The van der Waals surface area contributed by atoms with E-state index in [9.17, 15) is 0 Å². The van der Waals surface area contributed by atoms with Crippen molar-refractivity contribution in [3.8, 4) is 0 Å². The molecular formula is C11H18N2. The van der Waals surface area contributed by atoms with Gasteiger partial charge < -0.3 is 4.90 Å². The van der Waals surface area contributed by atoms with Crippen LogP contribution in [0.3, 0.4) is 0 Å². The fraction of sp³-hybridized carbons (Fsp3) is 0.364. The molecule has 0 amide bonds. The zero-order chi connectivity index (χ0) is 10.3. The average Bonchev–Trinajstić information content (AvgIpc) is 2.05. The van der Waals surface area contributed by atoms with Gasteiger partial charge >= 0.3 is 0 Å². The number of aliphatic imine (C=N–C) groups is 1. The van der Waals surface area contributed by atoms with Gasteiger partial charge in [-0.1, -0.05) is 18.7 Å². The molecule has 0 radical (unpaired) electrons. The smallest absolute Gasteiger partial charge is 0.0406 e. The van der Waals surface area contributed by atoms with Crippen LogP contribution in [0.4, 0.5) is 0 Å². The maximum atomic E-state index is 3.98. The molecule has 0 aliphatic carbocycles. The van der Waals surface area contributed by atoms with Crippen molar-refractivity contribution in [2.24, 2.45) is 4.99 Å². The van der Waals surface area contributed by atoms with Gasteiger partial charge in [-0.2, -0.15) is 0 Å². The van der Waals surface area contributed by atoms with Gasteiger partial charge in [0.25, 0.3) is 0 Å². The molecule has 0 unspecified atom stereocenters. The second kappa shape index (κ2) is 6.23. The van der Waals surface area contributed by atoms with Crippen molar-refractivity contribution >= 4 is 6.21 Å². The van der Waals surface area contributed by atoms with E-state index >= 15 is 0 Å². The summed E-state index contributed by atoms with van der Waals surface area (Å²) in [5, 5.41) is 0. The molecule has 0 aliphatic rings. The number of nitrogens with zero attached hydrogens (tertiary/aromatic N) is 2. The third kappa shape index (κ3) is 4.31. The Bertz CT molecular complexity index is 245. The Labute approximate surface area is 81.0 Å². The summed E-state index contributed by atoms with van der Waals surface area (Å²) in [6.07, 6.45) is 7.55. The van der Waals surface area contributed by atoms with E-state index in [2.05, 4.69) is 16.5 Å². The SMILES string of the molecule is C=C/C=C\C(=C(\C)C=NC)N(C)C. The Kier molecular flexibility index (Phi) is 5.60. The first-order valence-electron chi connectivity index (χ1n) is 4.23. The van der Waals surface area contributed by atoms with E-state index < -0.39 is 0 Å². The minimum atomic E-state index is 1.14. The summed E-state index contributed by atoms with van der Waals surface area (Å²) in [6, 6.07) is 0. The molecule has 0 rings (SSSR count). The largest absolute Gasteiger partial charge is 0.377 e. The summed E-state index contributed by atoms with van der Waals surface area (Å²) in [6.45, 7) is 5.67. The lowest BCUT2D eigenvalue weighted by atomic mass is 10.2. The predicted molar refractivity (Wildman–Crippen MR) is 60.1 cm³/mol. The van der Waals surface area contributed by atoms with Gasteiger partial charge in [0, 0.05) is 33.1 Å². The second-order valence-corrected chi connectivity index (χ2v) is 2.94. The molecule has 0 saturated heterocycles. The first-order valence-corrected chi connectivity index (χ1v) is 4.23. The van der Waals surface area contributed by atoms with Crippen molar-refractivity contribution in [2.75, 3.05) is 21.1 Å². The third-order valence-corrected chi connectivity index (χ3v) is 1.60. The number of likely N-dealkylation sites (N-methyl/N-ethyl adjacent to an activating group) is 1. The van der Waals surface area contributed by atoms with E-state index in [0.29, 0.717) is 0 Å². The zero-order valence-corrected chi connectivity index (χ0v) is 8.91. The molecule has 0 spiro atoms. The lowest BCUT2D eigenvalue weighted by Gasteiger charge is -2.15. The lowest BCUT2D eigenvalue weighted by Crippen LogP contribution is -2.11. The second-order valence-electron chi connectivity index (χ2n) is 2.94. The van der Waals surface area contributed by atoms with Gasteiger partial charge in [-0.3, -0.25) is 4.99 Å². The third-order valence-electron chi connectivity index (χ3n) is 1.60. The Morgan fingerprint density at radius 1 is 1.38 bits per heavy atom. The minimum Gasteiger partial charge on any atom is -0.377 e. The van der Waals surface area contributed by atoms with Crippen molar-refractivity contribution < 1.29 is 0 Å². The summed E-state index contributed by atoms with van der Waals surface area (Å²) < 4.78 is 0. The fourth-order valence-electron chi connectivity index (χ4n) is 1.05. The molecule has 0 aromatic heterocycles. The summed E-state index contributed by atoms with van der Waals surface area (Å²) in [5.41, 5.74) is 2.29. The maximum Gasteiger partial charge on any atom is 0.0406 e. The standard InChI is InChI=1S/C11H18N2/c1-6-7-8-11(13(4)5)10(2)9-12-3/h6-9H,1H2,2-5H3/b8-7-,11-10+,12-9?. The van der Waals surface area contributed by atoms with Crippen LogP contribution in [0.1, 0.15) is 6.92 Å². The van der Waals surface area contributed by atoms with Gasteiger partial charge in [0.2, 0.25) is 0 Å². The normalized spacial score (nSPS) is 13.5. The van der Waals surface area contributed by atoms with Crippen molar-refractivity contribution in [1.82, 2.24) is 4.90 Å². The quantitative estimate of drug-likeness (QED) is 0.476. The molecule has 72 valence electrons. The van der Waals surface area contributed by atoms with E-state index in [-0.39, 0.29) is 0 Å². The summed E-state index contributed by atoms with van der Waals surface area (Å²) in [4.78, 5) is 6.03. The molecule has 2 nitrogen and oxygen atoms in total. The van der Waals surface area contributed by atoms with Gasteiger partial charge in [0.15, 0.2) is 0 Å². The van der Waals surface area contributed by atoms with Crippen molar-refractivity contribution in [1.29, 1.82) is 0 Å². The van der Waals surface area contributed by atoms with E-state index in [1.165, 1.54) is 0 Å². The molecule has 13 heavy (non-hydrogen) atoms. The summed E-state index contributed by atoms with van der Waals surface area (Å²) >= 11 is 0. The molecule has 2 heteroatoms. The minimum absolute atomic E-state index is 1.14. The maximum absolute atomic E-state index is 3.98. The molecule has 0 fully saturated rings. The average molecular weight is 178 g/mol. The Morgan fingerprint density at radius 3 is 2.38 bits per heavy atom. The highest BCUT2D eigenvalue weighted by Crippen LogP contribution is 2.06.